The molecule has 13 nitrogen and oxygen atoms in total. The molecule has 2 fully saturated rings. The summed E-state index contributed by atoms with van der Waals surface area (Å²) in [5, 5.41) is 28.8. The van der Waals surface area contributed by atoms with Gasteiger partial charge in [0.25, 0.3) is 0 Å². The zero-order valence-corrected chi connectivity index (χ0v) is 31.5. The number of tetrazole rings is 2. The Morgan fingerprint density at radius 1 is 0.712 bits per heavy atom. The number of ether oxygens (including phenoxy) is 2. The number of hydrogen-bond donors (Lipinski definition) is 2. The molecule has 2 aliphatic heterocycles. The van der Waals surface area contributed by atoms with Gasteiger partial charge in [-0.3, -0.25) is 4.79 Å². The summed E-state index contributed by atoms with van der Waals surface area (Å²) in [6, 6.07) is 25.1. The average Bonchev–Trinajstić information content (AvgIpc) is 4.06. The van der Waals surface area contributed by atoms with Crippen LogP contribution in [0.15, 0.2) is 97.1 Å². The van der Waals surface area contributed by atoms with E-state index in [9.17, 15) is 35.9 Å². The maximum Gasteiger partial charge on any atom is 0.416 e. The number of hydrogen-bond acceptors (Lipinski definition) is 10. The van der Waals surface area contributed by atoms with Gasteiger partial charge in [-0.05, 0) is 76.2 Å². The fourth-order valence-corrected chi connectivity index (χ4v) is 6.14. The highest BCUT2D eigenvalue weighted by Gasteiger charge is 2.31. The van der Waals surface area contributed by atoms with Crippen LogP contribution in [0.25, 0.3) is 22.8 Å². The van der Waals surface area contributed by atoms with Gasteiger partial charge in [-0.25, -0.2) is 4.79 Å². The number of carbonyl (C=O) groups is 2. The van der Waals surface area contributed by atoms with Crippen LogP contribution in [-0.4, -0.2) is 77.5 Å². The van der Waals surface area contributed by atoms with Gasteiger partial charge in [0, 0.05) is 17.5 Å². The molecule has 2 aliphatic rings. The summed E-state index contributed by atoms with van der Waals surface area (Å²) in [5.74, 6) is 1.02. The smallest absolute Gasteiger partial charge is 0.416 e. The molecular formula is C39H34ClF6N9O4. The normalized spacial score (nSPS) is 16.3. The van der Waals surface area contributed by atoms with Crippen molar-refractivity contribution in [3.8, 4) is 22.8 Å². The third-order valence-electron chi connectivity index (χ3n) is 8.92. The van der Waals surface area contributed by atoms with Gasteiger partial charge in [-0.2, -0.15) is 36.4 Å². The van der Waals surface area contributed by atoms with Crippen molar-refractivity contribution >= 4 is 23.7 Å². The molecular weight excluding hydrogens is 808 g/mol. The molecule has 2 aromatic heterocycles. The van der Waals surface area contributed by atoms with Crippen LogP contribution >= 0.6 is 11.6 Å². The first-order valence-electron chi connectivity index (χ1n) is 17.9. The highest BCUT2D eigenvalue weighted by atomic mass is 35.5. The van der Waals surface area contributed by atoms with Crippen LogP contribution in [0, 0.1) is 0 Å². The third kappa shape index (κ3) is 11.8. The number of H-pyrrole nitrogens is 1. The Hall–Kier alpha value is -6.37. The Labute approximate surface area is 337 Å². The summed E-state index contributed by atoms with van der Waals surface area (Å²) in [4.78, 5) is 22.8. The average molecular weight is 842 g/mol. The summed E-state index contributed by atoms with van der Waals surface area (Å²) < 4.78 is 85.7. The molecule has 0 radical (unpaired) electrons. The Kier molecular flexibility index (Phi) is 13.5. The van der Waals surface area contributed by atoms with Crippen LogP contribution < -0.4 is 5.32 Å². The predicted molar refractivity (Wildman–Crippen MR) is 199 cm³/mol. The first-order chi connectivity index (χ1) is 28.2. The molecule has 4 aromatic carbocycles. The van der Waals surface area contributed by atoms with Crippen molar-refractivity contribution in [2.75, 3.05) is 12.4 Å². The molecule has 0 bridgehead atoms. The van der Waals surface area contributed by atoms with Gasteiger partial charge in [0.2, 0.25) is 11.6 Å². The fourth-order valence-electron chi connectivity index (χ4n) is 5.96. The van der Waals surface area contributed by atoms with Crippen LogP contribution in [0.1, 0.15) is 46.2 Å². The van der Waals surface area contributed by atoms with E-state index in [0.29, 0.717) is 56.3 Å². The second-order valence-electron chi connectivity index (χ2n) is 13.2. The number of nitrogens with zero attached hydrogens (tertiary/aromatic N) is 7. The lowest BCUT2D eigenvalue weighted by Gasteiger charge is -2.09. The number of alkyl halides is 7. The number of halogens is 7. The molecule has 0 spiro atoms. The predicted octanol–water partition coefficient (Wildman–Crippen LogP) is 7.47. The highest BCUT2D eigenvalue weighted by Crippen LogP contribution is 2.31. The number of alkyl carbamates (subject to hydrolysis) is 1. The molecule has 2 unspecified atom stereocenters. The fraction of sp³-hybridized carbons (Fsp3) is 0.282. The van der Waals surface area contributed by atoms with E-state index in [1.54, 1.807) is 0 Å². The van der Waals surface area contributed by atoms with Gasteiger partial charge in [-0.1, -0.05) is 72.8 Å². The molecule has 20 heteroatoms. The SMILES string of the molecule is FC(F)(F)c1ccc(Cc2ccccc2-c2nn[nH]n2)cc1.O=C1CCC(Cn2nnc(-c3ccccc3Cc3ccc(C(F)(F)F)cc3)n2)O1.O=C1NCC(CCl)O1. The van der Waals surface area contributed by atoms with Crippen molar-refractivity contribution < 1.29 is 45.4 Å². The van der Waals surface area contributed by atoms with E-state index in [-0.39, 0.29) is 24.3 Å². The van der Waals surface area contributed by atoms with Crippen molar-refractivity contribution in [1.82, 2.24) is 46.1 Å². The number of aromatic nitrogens is 8. The lowest BCUT2D eigenvalue weighted by Crippen LogP contribution is -2.18. The maximum absolute atomic E-state index is 12.7. The number of nitrogens with one attached hydrogen (secondary N) is 2. The summed E-state index contributed by atoms with van der Waals surface area (Å²) in [6.07, 6.45) is -7.48. The lowest BCUT2D eigenvalue weighted by molar-refractivity contribution is -0.142. The Bertz CT molecular complexity index is 2310. The minimum absolute atomic E-state index is 0.121. The topological polar surface area (TPSA) is 163 Å². The van der Waals surface area contributed by atoms with Gasteiger partial charge in [0.05, 0.1) is 30.1 Å². The van der Waals surface area contributed by atoms with Crippen LogP contribution in [0.3, 0.4) is 0 Å². The lowest BCUT2D eigenvalue weighted by atomic mass is 9.98. The number of esters is 1. The Morgan fingerprint density at radius 2 is 1.27 bits per heavy atom. The second-order valence-corrected chi connectivity index (χ2v) is 13.5. The van der Waals surface area contributed by atoms with Gasteiger partial charge < -0.3 is 14.8 Å². The van der Waals surface area contributed by atoms with E-state index >= 15 is 0 Å². The first kappa shape index (κ1) is 42.2. The Balaban J connectivity index is 0.000000171. The number of carbonyl (C=O) groups excluding carboxylic acids is 2. The van der Waals surface area contributed by atoms with Gasteiger partial charge >= 0.3 is 24.4 Å². The van der Waals surface area contributed by atoms with E-state index in [2.05, 4.69) is 46.1 Å². The van der Waals surface area contributed by atoms with Crippen LogP contribution in [0.5, 0.6) is 0 Å². The molecule has 0 saturated carbocycles. The van der Waals surface area contributed by atoms with Crippen molar-refractivity contribution in [2.45, 2.75) is 56.8 Å². The molecule has 6 aromatic rings. The third-order valence-corrected chi connectivity index (χ3v) is 9.27. The molecule has 2 N–H and O–H groups in total. The zero-order valence-electron chi connectivity index (χ0n) is 30.8. The molecule has 4 heterocycles. The molecule has 1 amide bonds. The number of benzene rings is 4. The van der Waals surface area contributed by atoms with Gasteiger partial charge in [0.1, 0.15) is 12.2 Å². The first-order valence-corrected chi connectivity index (χ1v) is 18.5. The molecule has 2 saturated heterocycles. The molecule has 0 aliphatic carbocycles. The van der Waals surface area contributed by atoms with Gasteiger partial charge in [0.15, 0.2) is 0 Å². The van der Waals surface area contributed by atoms with E-state index < -0.39 is 23.5 Å². The second kappa shape index (κ2) is 18.9. The van der Waals surface area contributed by atoms with Gasteiger partial charge in [-0.15, -0.1) is 32.0 Å². The summed E-state index contributed by atoms with van der Waals surface area (Å²) in [5.41, 5.74) is 3.55. The number of amides is 1. The molecule has 2 atom stereocenters. The monoisotopic (exact) mass is 841 g/mol. The zero-order chi connectivity index (χ0) is 42.0. The van der Waals surface area contributed by atoms with Crippen molar-refractivity contribution in [1.29, 1.82) is 0 Å². The standard InChI is InChI=1S/C20H17F3N4O2.C15H11F3N4.C4H6ClNO2/c21-20(22,23)15-7-5-13(6-8-15)11-14-3-1-2-4-17(14)19-24-26-27(25-19)12-16-9-10-18(28)29-16;16-15(17,18)12-7-5-10(6-8-12)9-11-3-1-2-4-13(11)14-19-21-22-20-14;5-1-3-2-6-4(7)8-3/h1-8,16H,9-12H2;1-8H,9H2,(H,19,20,21,22);3H,1-2H2,(H,6,7). The Morgan fingerprint density at radius 3 is 1.71 bits per heavy atom. The highest BCUT2D eigenvalue weighted by molar-refractivity contribution is 6.18. The molecule has 308 valence electrons. The van der Waals surface area contributed by atoms with E-state index in [1.165, 1.54) is 29.1 Å². The molecule has 8 rings (SSSR count). The molecule has 59 heavy (non-hydrogen) atoms. The minimum Gasteiger partial charge on any atom is -0.460 e. The minimum atomic E-state index is -4.35. The van der Waals surface area contributed by atoms with Crippen molar-refractivity contribution in [3.63, 3.8) is 0 Å². The van der Waals surface area contributed by atoms with E-state index in [1.807, 2.05) is 48.5 Å². The summed E-state index contributed by atoms with van der Waals surface area (Å²) in [7, 11) is 0. The van der Waals surface area contributed by atoms with E-state index in [0.717, 1.165) is 57.6 Å². The number of rotatable bonds is 9. The number of cyclic esters (lactones) is 2. The largest absolute Gasteiger partial charge is 0.460 e. The summed E-state index contributed by atoms with van der Waals surface area (Å²) >= 11 is 5.36. The van der Waals surface area contributed by atoms with Crippen LogP contribution in [0.4, 0.5) is 31.1 Å². The maximum atomic E-state index is 12.7. The van der Waals surface area contributed by atoms with Crippen LogP contribution in [-0.2, 0) is 46.0 Å². The van der Waals surface area contributed by atoms with Crippen LogP contribution in [0.2, 0.25) is 0 Å². The quantitative estimate of drug-likeness (QED) is 0.0849. The number of aromatic amines is 1. The summed E-state index contributed by atoms with van der Waals surface area (Å²) in [6.45, 7) is 0.877. The van der Waals surface area contributed by atoms with E-state index in [4.69, 9.17) is 16.3 Å². The van der Waals surface area contributed by atoms with Crippen molar-refractivity contribution in [2.24, 2.45) is 0 Å². The van der Waals surface area contributed by atoms with Crippen molar-refractivity contribution in [3.05, 3.63) is 130 Å².